The van der Waals surface area contributed by atoms with Gasteiger partial charge >= 0.3 is 5.97 Å². The van der Waals surface area contributed by atoms with E-state index in [1.807, 2.05) is 0 Å². The molecular formula is C32H32ClN5O6S. The van der Waals surface area contributed by atoms with E-state index >= 15 is 0 Å². The SMILES string of the molecule is CCOC(=O)C(N)(c1cccc2c(C(=O)NCc3ccc(C(=N)N)cc3)cccc12)S(=O)(=O)c1cccc2cccnc12.Cl.O. The number of nitrogens with two attached hydrogens (primary N) is 2. The molecule has 0 saturated carbocycles. The fourth-order valence-corrected chi connectivity index (χ4v) is 6.76. The predicted octanol–water partition coefficient (Wildman–Crippen LogP) is 3.35. The number of hydrogen-bond acceptors (Lipinski definition) is 8. The van der Waals surface area contributed by atoms with E-state index in [-0.39, 0.29) is 58.4 Å². The first kappa shape index (κ1) is 34.6. The van der Waals surface area contributed by atoms with E-state index in [2.05, 4.69) is 10.3 Å². The highest BCUT2D eigenvalue weighted by atomic mass is 35.5. The van der Waals surface area contributed by atoms with Crippen LogP contribution < -0.4 is 16.8 Å². The van der Waals surface area contributed by atoms with Gasteiger partial charge in [-0.25, -0.2) is 13.2 Å². The maximum atomic E-state index is 14.4. The Balaban J connectivity index is 0.00000276. The van der Waals surface area contributed by atoms with Gasteiger partial charge in [0.05, 0.1) is 17.0 Å². The van der Waals surface area contributed by atoms with Crippen LogP contribution in [0, 0.1) is 5.41 Å². The van der Waals surface area contributed by atoms with E-state index in [0.29, 0.717) is 21.7 Å². The minimum atomic E-state index is -4.67. The van der Waals surface area contributed by atoms with Crippen LogP contribution in [0.1, 0.15) is 34.0 Å². The number of nitrogens with zero attached hydrogens (tertiary/aromatic N) is 1. The molecule has 1 atom stereocenters. The van der Waals surface area contributed by atoms with E-state index in [4.69, 9.17) is 21.6 Å². The van der Waals surface area contributed by atoms with Gasteiger partial charge in [-0.15, -0.1) is 12.4 Å². The van der Waals surface area contributed by atoms with Crippen LogP contribution in [-0.2, 0) is 30.8 Å². The predicted molar refractivity (Wildman–Crippen MR) is 175 cm³/mol. The lowest BCUT2D eigenvalue weighted by molar-refractivity contribution is -0.146. The van der Waals surface area contributed by atoms with Crippen LogP contribution >= 0.6 is 12.4 Å². The number of rotatable bonds is 9. The average Bonchev–Trinajstić information content (AvgIpc) is 3.02. The van der Waals surface area contributed by atoms with Crippen molar-refractivity contribution >= 4 is 61.6 Å². The number of benzene rings is 4. The second-order valence-electron chi connectivity index (χ2n) is 9.79. The molecule has 13 heteroatoms. The Kier molecular flexibility index (Phi) is 10.6. The first-order valence-corrected chi connectivity index (χ1v) is 14.9. The van der Waals surface area contributed by atoms with Crippen LogP contribution in [0.5, 0.6) is 0 Å². The summed E-state index contributed by atoms with van der Waals surface area (Å²) in [6, 6.07) is 24.4. The third-order valence-corrected chi connectivity index (χ3v) is 9.32. The van der Waals surface area contributed by atoms with Crippen LogP contribution in [0.3, 0.4) is 0 Å². The summed E-state index contributed by atoms with van der Waals surface area (Å²) in [5, 5.41) is 11.6. The fourth-order valence-electron chi connectivity index (χ4n) is 4.98. The molecular weight excluding hydrogens is 618 g/mol. The number of sulfone groups is 1. The quantitative estimate of drug-likeness (QED) is 0.105. The Morgan fingerprint density at radius 1 is 0.933 bits per heavy atom. The highest BCUT2D eigenvalue weighted by molar-refractivity contribution is 7.93. The van der Waals surface area contributed by atoms with Gasteiger partial charge in [0, 0.05) is 34.8 Å². The summed E-state index contributed by atoms with van der Waals surface area (Å²) in [6.07, 6.45) is 1.46. The van der Waals surface area contributed by atoms with Crippen molar-refractivity contribution in [1.29, 1.82) is 5.41 Å². The Morgan fingerprint density at radius 2 is 1.58 bits per heavy atom. The number of carbonyl (C=O) groups excluding carboxylic acids is 2. The van der Waals surface area contributed by atoms with Crippen molar-refractivity contribution in [2.45, 2.75) is 23.2 Å². The van der Waals surface area contributed by atoms with Crippen molar-refractivity contribution in [3.05, 3.63) is 119 Å². The lowest BCUT2D eigenvalue weighted by Gasteiger charge is -2.29. The van der Waals surface area contributed by atoms with Gasteiger partial charge in [0.2, 0.25) is 14.7 Å². The van der Waals surface area contributed by atoms with Gasteiger partial charge in [0.25, 0.3) is 5.91 Å². The maximum Gasteiger partial charge on any atom is 0.347 e. The summed E-state index contributed by atoms with van der Waals surface area (Å²) in [5.74, 6) is -1.63. The Hall–Kier alpha value is -4.88. The number of carbonyl (C=O) groups is 2. The first-order chi connectivity index (χ1) is 20.6. The molecule has 0 bridgehead atoms. The van der Waals surface area contributed by atoms with Crippen molar-refractivity contribution in [3.63, 3.8) is 0 Å². The number of para-hydroxylation sites is 1. The zero-order valence-electron chi connectivity index (χ0n) is 24.1. The van der Waals surface area contributed by atoms with E-state index in [1.54, 1.807) is 85.8 Å². The van der Waals surface area contributed by atoms with E-state index in [9.17, 15) is 18.0 Å². The third-order valence-electron chi connectivity index (χ3n) is 7.17. The monoisotopic (exact) mass is 649 g/mol. The average molecular weight is 650 g/mol. The zero-order valence-corrected chi connectivity index (χ0v) is 25.7. The molecule has 0 fully saturated rings. The van der Waals surface area contributed by atoms with Crippen LogP contribution in [0.15, 0.2) is 102 Å². The van der Waals surface area contributed by atoms with Crippen molar-refractivity contribution in [2.75, 3.05) is 6.61 Å². The zero-order chi connectivity index (χ0) is 30.8. The van der Waals surface area contributed by atoms with Crippen molar-refractivity contribution < 1.29 is 28.2 Å². The Labute approximate surface area is 265 Å². The van der Waals surface area contributed by atoms with E-state index < -0.39 is 26.6 Å². The molecule has 5 rings (SSSR count). The van der Waals surface area contributed by atoms with Gasteiger partial charge in [-0.2, -0.15) is 0 Å². The number of halogens is 1. The molecule has 0 spiro atoms. The number of nitrogen functional groups attached to an aromatic ring is 1. The second-order valence-corrected chi connectivity index (χ2v) is 11.9. The highest BCUT2D eigenvalue weighted by Gasteiger charge is 2.52. The van der Waals surface area contributed by atoms with Crippen LogP contribution in [-0.4, -0.2) is 43.2 Å². The van der Waals surface area contributed by atoms with E-state index in [0.717, 1.165) is 5.56 Å². The number of nitrogens with one attached hydrogen (secondary N) is 2. The molecule has 0 aliphatic carbocycles. The Bertz CT molecular complexity index is 2000. The molecule has 0 aliphatic heterocycles. The van der Waals surface area contributed by atoms with Crippen molar-refractivity contribution in [2.24, 2.45) is 11.5 Å². The summed E-state index contributed by atoms with van der Waals surface area (Å²) < 4.78 is 34.1. The molecule has 1 unspecified atom stereocenters. The molecule has 8 N–H and O–H groups in total. The number of ether oxygens (including phenoxy) is 1. The smallest absolute Gasteiger partial charge is 0.347 e. The molecule has 1 aromatic heterocycles. The summed E-state index contributed by atoms with van der Waals surface area (Å²) in [6.45, 7) is 1.65. The second kappa shape index (κ2) is 13.8. The minimum Gasteiger partial charge on any atom is -0.464 e. The van der Waals surface area contributed by atoms with Gasteiger partial charge in [-0.05, 0) is 41.5 Å². The number of hydrogen-bond donors (Lipinski definition) is 4. The van der Waals surface area contributed by atoms with Crippen molar-refractivity contribution in [3.8, 4) is 0 Å². The molecule has 0 aliphatic rings. The number of aromatic nitrogens is 1. The number of fused-ring (bicyclic) bond motifs is 2. The highest BCUT2D eigenvalue weighted by Crippen LogP contribution is 2.39. The van der Waals surface area contributed by atoms with Gasteiger partial charge < -0.3 is 21.3 Å². The minimum absolute atomic E-state index is 0. The lowest BCUT2D eigenvalue weighted by Crippen LogP contribution is -2.52. The fraction of sp³-hybridized carbons (Fsp3) is 0.125. The van der Waals surface area contributed by atoms with Gasteiger partial charge in [-0.3, -0.25) is 20.9 Å². The summed E-state index contributed by atoms with van der Waals surface area (Å²) in [5.41, 5.74) is 14.0. The van der Waals surface area contributed by atoms with Crippen LogP contribution in [0.25, 0.3) is 21.7 Å². The number of amides is 1. The van der Waals surface area contributed by atoms with Crippen molar-refractivity contribution in [1.82, 2.24) is 10.3 Å². The standard InChI is InChI=1S/C32H29N5O5S.ClH.H2O/c1-2-42-31(39)32(35,43(40,41)27-13-3-7-21-8-6-18-36-28(21)27)26-12-5-9-23-24(26)10-4-11-25(23)30(38)37-19-20-14-16-22(17-15-20)29(33)34;;/h3-18H,2,19,35H2,1H3,(H3,33,34)(H,37,38);1H;1H2. The molecule has 11 nitrogen and oxygen atoms in total. The molecule has 45 heavy (non-hydrogen) atoms. The normalized spacial score (nSPS) is 12.3. The van der Waals surface area contributed by atoms with E-state index in [1.165, 1.54) is 18.3 Å². The Morgan fingerprint density at radius 3 is 2.27 bits per heavy atom. The lowest BCUT2D eigenvalue weighted by atomic mass is 9.95. The molecule has 0 radical (unpaired) electrons. The molecule has 234 valence electrons. The largest absolute Gasteiger partial charge is 0.464 e. The van der Waals surface area contributed by atoms with Gasteiger partial charge in [0.15, 0.2) is 0 Å². The molecule has 1 amide bonds. The van der Waals surface area contributed by atoms with Gasteiger partial charge in [0.1, 0.15) is 5.84 Å². The molecule has 5 aromatic rings. The maximum absolute atomic E-state index is 14.4. The number of pyridine rings is 1. The van der Waals surface area contributed by atoms with Crippen LogP contribution in [0.4, 0.5) is 0 Å². The molecule has 1 heterocycles. The first-order valence-electron chi connectivity index (χ1n) is 13.4. The summed E-state index contributed by atoms with van der Waals surface area (Å²) in [7, 11) is -4.67. The van der Waals surface area contributed by atoms with Crippen LogP contribution in [0.2, 0.25) is 0 Å². The third kappa shape index (κ3) is 6.22. The van der Waals surface area contributed by atoms with Gasteiger partial charge in [-0.1, -0.05) is 72.8 Å². The number of esters is 1. The molecule has 4 aromatic carbocycles. The molecule has 0 saturated heterocycles. The summed E-state index contributed by atoms with van der Waals surface area (Å²) in [4.78, 5) is 28.3. The topological polar surface area (TPSA) is 210 Å². The summed E-state index contributed by atoms with van der Waals surface area (Å²) >= 11 is 0. The number of amidine groups is 1.